The summed E-state index contributed by atoms with van der Waals surface area (Å²) in [5, 5.41) is 0.567. The summed E-state index contributed by atoms with van der Waals surface area (Å²) in [5.74, 6) is -3.20. The maximum Gasteiger partial charge on any atom is 0.397 e. The third-order valence-electron chi connectivity index (χ3n) is 5.34. The lowest BCUT2D eigenvalue weighted by atomic mass is 10.1. The smallest absolute Gasteiger partial charge is 0.397 e. The SMILES string of the molecule is CC(C)(C)OC(=O)C(=O)N1CCN(C(=O)C(=O)c2c[nH]c3c(-c4cnccn4)ncc(Cl)c23)CC1. The fourth-order valence-electron chi connectivity index (χ4n) is 3.73. The van der Waals surface area contributed by atoms with Gasteiger partial charge in [0.15, 0.2) is 0 Å². The molecule has 0 aromatic carbocycles. The summed E-state index contributed by atoms with van der Waals surface area (Å²) >= 11 is 6.34. The first-order valence-electron chi connectivity index (χ1n) is 10.8. The number of hydrogen-bond donors (Lipinski definition) is 1. The van der Waals surface area contributed by atoms with Crippen LogP contribution in [0.4, 0.5) is 0 Å². The monoisotopic (exact) mass is 498 g/mol. The average molecular weight is 499 g/mol. The summed E-state index contributed by atoms with van der Waals surface area (Å²) in [5.41, 5.74) is 0.696. The van der Waals surface area contributed by atoms with Crippen molar-refractivity contribution in [3.05, 3.63) is 41.6 Å². The summed E-state index contributed by atoms with van der Waals surface area (Å²) in [4.78, 5) is 68.7. The van der Waals surface area contributed by atoms with E-state index in [1.165, 1.54) is 40.8 Å². The van der Waals surface area contributed by atoms with Gasteiger partial charge in [-0.15, -0.1) is 0 Å². The fraction of sp³-hybridized carbons (Fsp3) is 0.348. The number of piperazine rings is 1. The molecule has 1 aliphatic rings. The Morgan fingerprint density at radius 1 is 0.971 bits per heavy atom. The highest BCUT2D eigenvalue weighted by Crippen LogP contribution is 2.32. The molecule has 4 rings (SSSR count). The van der Waals surface area contributed by atoms with E-state index in [4.69, 9.17) is 16.3 Å². The summed E-state index contributed by atoms with van der Waals surface area (Å²) in [6, 6.07) is 0. The van der Waals surface area contributed by atoms with E-state index in [0.717, 1.165) is 0 Å². The molecule has 0 unspecified atom stereocenters. The molecule has 1 fully saturated rings. The number of aromatic nitrogens is 4. The highest BCUT2D eigenvalue weighted by atomic mass is 35.5. The molecule has 11 nitrogen and oxygen atoms in total. The third-order valence-corrected chi connectivity index (χ3v) is 5.62. The van der Waals surface area contributed by atoms with Crippen molar-refractivity contribution in [3.8, 4) is 11.4 Å². The molecule has 3 aromatic rings. The zero-order valence-corrected chi connectivity index (χ0v) is 20.1. The zero-order valence-electron chi connectivity index (χ0n) is 19.4. The minimum absolute atomic E-state index is 0.0988. The Morgan fingerprint density at radius 3 is 2.23 bits per heavy atom. The maximum absolute atomic E-state index is 13.1. The van der Waals surface area contributed by atoms with Gasteiger partial charge in [0.05, 0.1) is 22.3 Å². The lowest BCUT2D eigenvalue weighted by Crippen LogP contribution is -2.54. The van der Waals surface area contributed by atoms with Gasteiger partial charge in [0.1, 0.15) is 17.0 Å². The molecular weight excluding hydrogens is 476 g/mol. The summed E-state index contributed by atoms with van der Waals surface area (Å²) < 4.78 is 5.11. The van der Waals surface area contributed by atoms with Gasteiger partial charge >= 0.3 is 11.9 Å². The minimum Gasteiger partial charge on any atom is -0.453 e. The number of ether oxygens (including phenoxy) is 1. The number of amides is 2. The topological polar surface area (TPSA) is 138 Å². The second-order valence-corrected chi connectivity index (χ2v) is 9.32. The van der Waals surface area contributed by atoms with Crippen molar-refractivity contribution in [2.45, 2.75) is 26.4 Å². The van der Waals surface area contributed by atoms with E-state index < -0.39 is 29.2 Å². The number of hydrogen-bond acceptors (Lipinski definition) is 8. The number of nitrogens with zero attached hydrogens (tertiary/aromatic N) is 5. The predicted molar refractivity (Wildman–Crippen MR) is 125 cm³/mol. The first-order valence-corrected chi connectivity index (χ1v) is 11.2. The highest BCUT2D eigenvalue weighted by Gasteiger charge is 2.34. The lowest BCUT2D eigenvalue weighted by Gasteiger charge is -2.34. The van der Waals surface area contributed by atoms with Gasteiger partial charge in [-0.1, -0.05) is 11.6 Å². The summed E-state index contributed by atoms with van der Waals surface area (Å²) in [6.45, 7) is 5.42. The molecule has 182 valence electrons. The van der Waals surface area contributed by atoms with E-state index >= 15 is 0 Å². The van der Waals surface area contributed by atoms with E-state index in [1.54, 1.807) is 20.8 Å². The van der Waals surface area contributed by atoms with Gasteiger partial charge in [0.2, 0.25) is 0 Å². The Kier molecular flexibility index (Phi) is 6.53. The largest absolute Gasteiger partial charge is 0.453 e. The fourth-order valence-corrected chi connectivity index (χ4v) is 3.97. The van der Waals surface area contributed by atoms with Gasteiger partial charge in [0, 0.05) is 56.4 Å². The van der Waals surface area contributed by atoms with E-state index in [-0.39, 0.29) is 36.8 Å². The molecule has 0 radical (unpaired) electrons. The minimum atomic E-state index is -0.950. The quantitative estimate of drug-likeness (QED) is 0.328. The van der Waals surface area contributed by atoms with Crippen molar-refractivity contribution in [2.24, 2.45) is 0 Å². The Morgan fingerprint density at radius 2 is 1.63 bits per heavy atom. The van der Waals surface area contributed by atoms with Crippen LogP contribution in [0.3, 0.4) is 0 Å². The molecule has 4 heterocycles. The number of pyridine rings is 1. The van der Waals surface area contributed by atoms with E-state index in [9.17, 15) is 19.2 Å². The van der Waals surface area contributed by atoms with Crippen molar-refractivity contribution in [1.29, 1.82) is 0 Å². The predicted octanol–water partition coefficient (Wildman–Crippen LogP) is 1.87. The second-order valence-electron chi connectivity index (χ2n) is 8.91. The normalized spacial score (nSPS) is 14.2. The van der Waals surface area contributed by atoms with Crippen LogP contribution in [0.1, 0.15) is 31.1 Å². The van der Waals surface area contributed by atoms with Crippen molar-refractivity contribution >= 4 is 46.1 Å². The molecule has 12 heteroatoms. The highest BCUT2D eigenvalue weighted by molar-refractivity contribution is 6.47. The number of fused-ring (bicyclic) bond motifs is 1. The van der Waals surface area contributed by atoms with E-state index in [1.807, 2.05) is 0 Å². The van der Waals surface area contributed by atoms with Crippen LogP contribution in [0.5, 0.6) is 0 Å². The van der Waals surface area contributed by atoms with Gasteiger partial charge in [-0.2, -0.15) is 0 Å². The number of ketones is 1. The van der Waals surface area contributed by atoms with Crippen LogP contribution in [0, 0.1) is 0 Å². The Balaban J connectivity index is 1.49. The Bertz CT molecular complexity index is 1310. The standard InChI is InChI=1S/C23H23ClN6O5/c1-23(2,3)35-22(34)21(33)30-8-6-29(7-9-30)20(32)19(31)13-10-27-18-16(13)14(24)11-28-17(18)15-12-25-4-5-26-15/h4-5,10-12,27H,6-9H2,1-3H3. The number of carbonyl (C=O) groups is 4. The molecule has 3 aromatic heterocycles. The van der Waals surface area contributed by atoms with E-state index in [0.29, 0.717) is 22.3 Å². The van der Waals surface area contributed by atoms with Crippen LogP contribution < -0.4 is 0 Å². The van der Waals surface area contributed by atoms with Crippen LogP contribution in [-0.2, 0) is 19.1 Å². The lowest BCUT2D eigenvalue weighted by molar-refractivity contribution is -0.168. The maximum atomic E-state index is 13.1. The number of nitrogens with one attached hydrogen (secondary N) is 1. The molecule has 1 N–H and O–H groups in total. The van der Waals surface area contributed by atoms with Crippen molar-refractivity contribution in [1.82, 2.24) is 29.7 Å². The Hall–Kier alpha value is -3.86. The van der Waals surface area contributed by atoms with Gasteiger partial charge in [-0.3, -0.25) is 29.3 Å². The molecule has 1 aliphatic heterocycles. The molecule has 1 saturated heterocycles. The van der Waals surface area contributed by atoms with Gasteiger partial charge in [-0.05, 0) is 20.8 Å². The number of carbonyl (C=O) groups excluding carboxylic acids is 4. The molecule has 2 amide bonds. The molecule has 0 atom stereocenters. The van der Waals surface area contributed by atoms with Crippen LogP contribution in [0.2, 0.25) is 5.02 Å². The van der Waals surface area contributed by atoms with Crippen molar-refractivity contribution < 1.29 is 23.9 Å². The molecule has 0 spiro atoms. The molecule has 0 aliphatic carbocycles. The third kappa shape index (κ3) is 4.99. The molecular formula is C23H23ClN6O5. The summed E-state index contributed by atoms with van der Waals surface area (Å²) in [7, 11) is 0. The first-order chi connectivity index (χ1) is 16.6. The molecule has 0 bridgehead atoms. The number of H-pyrrole nitrogens is 1. The van der Waals surface area contributed by atoms with Crippen molar-refractivity contribution in [3.63, 3.8) is 0 Å². The first kappa shape index (κ1) is 24.3. The number of esters is 1. The zero-order chi connectivity index (χ0) is 25.3. The number of Topliss-reactive ketones (excluding diaryl/α,β-unsaturated/α-hetero) is 1. The van der Waals surface area contributed by atoms with Crippen LogP contribution in [-0.4, -0.2) is 85.1 Å². The molecule has 0 saturated carbocycles. The van der Waals surface area contributed by atoms with Crippen LogP contribution in [0.15, 0.2) is 31.0 Å². The van der Waals surface area contributed by atoms with Gasteiger partial charge in [0.25, 0.3) is 11.7 Å². The van der Waals surface area contributed by atoms with Crippen LogP contribution >= 0.6 is 11.6 Å². The summed E-state index contributed by atoms with van der Waals surface area (Å²) in [6.07, 6.45) is 7.38. The number of rotatable bonds is 3. The van der Waals surface area contributed by atoms with Crippen LogP contribution in [0.25, 0.3) is 22.3 Å². The van der Waals surface area contributed by atoms with Gasteiger partial charge in [-0.25, -0.2) is 4.79 Å². The Labute approximate surface area is 205 Å². The molecule has 35 heavy (non-hydrogen) atoms. The average Bonchev–Trinajstić information content (AvgIpc) is 3.28. The van der Waals surface area contributed by atoms with Crippen molar-refractivity contribution in [2.75, 3.05) is 26.2 Å². The number of halogens is 1. The van der Waals surface area contributed by atoms with Gasteiger partial charge < -0.3 is 19.5 Å². The number of aromatic amines is 1. The van der Waals surface area contributed by atoms with E-state index in [2.05, 4.69) is 19.9 Å². The second kappa shape index (κ2) is 9.41.